The van der Waals surface area contributed by atoms with Gasteiger partial charge in [-0.2, -0.15) is 0 Å². The molecular weight excluding hydrogens is 386 g/mol. The Morgan fingerprint density at radius 1 is 1.19 bits per heavy atom. The Morgan fingerprint density at radius 2 is 1.93 bits per heavy atom. The molecule has 1 aromatic carbocycles. The van der Waals surface area contributed by atoms with Crippen LogP contribution < -0.4 is 14.8 Å². The maximum atomic E-state index is 11.2. The van der Waals surface area contributed by atoms with Crippen LogP contribution in [0.15, 0.2) is 42.7 Å². The summed E-state index contributed by atoms with van der Waals surface area (Å²) in [6.07, 6.45) is 7.66. The minimum Gasteiger partial charge on any atom is -0.490 e. The third-order valence-electron chi connectivity index (χ3n) is 4.38. The topological polar surface area (TPSA) is 80.3 Å². The van der Waals surface area contributed by atoms with Crippen molar-refractivity contribution in [3.8, 4) is 5.75 Å². The van der Waals surface area contributed by atoms with Crippen LogP contribution in [0.25, 0.3) is 0 Å². The van der Waals surface area contributed by atoms with E-state index in [1.807, 2.05) is 30.5 Å². The maximum Gasteiger partial charge on any atom is 0.209 e. The van der Waals surface area contributed by atoms with Crippen LogP contribution in [0.1, 0.15) is 23.1 Å². The summed E-state index contributed by atoms with van der Waals surface area (Å²) in [5.74, 6) is 0.808. The first-order chi connectivity index (χ1) is 12.5. The first kappa shape index (κ1) is 21.6. The molecule has 8 heteroatoms. The number of rotatable bonds is 9. The van der Waals surface area contributed by atoms with Gasteiger partial charge >= 0.3 is 0 Å². The van der Waals surface area contributed by atoms with E-state index in [4.69, 9.17) is 4.74 Å². The molecule has 148 valence electrons. The zero-order valence-corrected chi connectivity index (χ0v) is 17.0. The van der Waals surface area contributed by atoms with Gasteiger partial charge in [0.1, 0.15) is 12.4 Å². The van der Waals surface area contributed by atoms with Crippen molar-refractivity contribution < 1.29 is 13.2 Å². The van der Waals surface area contributed by atoms with E-state index < -0.39 is 10.0 Å². The second kappa shape index (κ2) is 10.0. The van der Waals surface area contributed by atoms with Crippen molar-refractivity contribution >= 4 is 22.4 Å². The average Bonchev–Trinajstić information content (AvgIpc) is 2.57. The lowest BCUT2D eigenvalue weighted by atomic mass is 10.0. The zero-order valence-electron chi connectivity index (χ0n) is 15.3. The molecule has 0 saturated carbocycles. The highest BCUT2D eigenvalue weighted by atomic mass is 35.5. The van der Waals surface area contributed by atoms with Crippen molar-refractivity contribution in [3.05, 3.63) is 59.4 Å². The molecule has 2 heterocycles. The molecule has 0 radical (unpaired) electrons. The van der Waals surface area contributed by atoms with Crippen LogP contribution in [0.2, 0.25) is 0 Å². The van der Waals surface area contributed by atoms with E-state index in [9.17, 15) is 8.42 Å². The van der Waals surface area contributed by atoms with Crippen LogP contribution >= 0.6 is 12.4 Å². The number of pyridine rings is 1. The molecule has 1 saturated heterocycles. The van der Waals surface area contributed by atoms with E-state index in [2.05, 4.69) is 21.1 Å². The van der Waals surface area contributed by atoms with Gasteiger partial charge in [0, 0.05) is 18.8 Å². The van der Waals surface area contributed by atoms with E-state index in [1.165, 1.54) is 11.8 Å². The fourth-order valence-corrected chi connectivity index (χ4v) is 3.19. The van der Waals surface area contributed by atoms with Crippen LogP contribution in [0.4, 0.5) is 0 Å². The molecule has 3 rings (SSSR count). The summed E-state index contributed by atoms with van der Waals surface area (Å²) in [6, 6.07) is 10.5. The summed E-state index contributed by atoms with van der Waals surface area (Å²) in [5, 5.41) is 3.31. The highest BCUT2D eigenvalue weighted by molar-refractivity contribution is 7.88. The van der Waals surface area contributed by atoms with E-state index in [0.29, 0.717) is 19.2 Å². The molecule has 0 bridgehead atoms. The number of benzene rings is 1. The smallest absolute Gasteiger partial charge is 0.209 e. The number of hydrogen-bond donors (Lipinski definition) is 2. The summed E-state index contributed by atoms with van der Waals surface area (Å²) in [5.41, 5.74) is 3.25. The molecule has 1 aliphatic rings. The first-order valence-corrected chi connectivity index (χ1v) is 10.7. The largest absolute Gasteiger partial charge is 0.490 e. The second-order valence-corrected chi connectivity index (χ2v) is 8.53. The number of nitrogens with zero attached hydrogens (tertiary/aromatic N) is 1. The monoisotopic (exact) mass is 411 g/mol. The van der Waals surface area contributed by atoms with Gasteiger partial charge in [0.2, 0.25) is 10.0 Å². The molecule has 2 N–H and O–H groups in total. The lowest BCUT2D eigenvalue weighted by Gasteiger charge is -2.27. The van der Waals surface area contributed by atoms with Crippen molar-refractivity contribution in [2.24, 2.45) is 0 Å². The summed E-state index contributed by atoms with van der Waals surface area (Å²) in [6.45, 7) is 2.07. The van der Waals surface area contributed by atoms with Gasteiger partial charge < -0.3 is 10.1 Å². The van der Waals surface area contributed by atoms with Crippen molar-refractivity contribution in [1.82, 2.24) is 15.0 Å². The Bertz CT molecular complexity index is 842. The molecule has 0 spiro atoms. The van der Waals surface area contributed by atoms with E-state index in [0.717, 1.165) is 42.7 Å². The van der Waals surface area contributed by atoms with Gasteiger partial charge in [-0.15, -0.1) is 12.4 Å². The van der Waals surface area contributed by atoms with Crippen molar-refractivity contribution in [2.75, 3.05) is 19.4 Å². The molecule has 0 unspecified atom stereocenters. The Kier molecular flexibility index (Phi) is 8.04. The molecule has 1 aromatic heterocycles. The highest BCUT2D eigenvalue weighted by Crippen LogP contribution is 2.15. The molecule has 0 amide bonds. The Hall–Kier alpha value is -1.67. The number of nitrogens with one attached hydrogen (secondary N) is 2. The van der Waals surface area contributed by atoms with Crippen molar-refractivity contribution in [2.45, 2.75) is 31.8 Å². The molecule has 6 nitrogen and oxygen atoms in total. The fraction of sp³-hybridized carbons (Fsp3) is 0.421. The summed E-state index contributed by atoms with van der Waals surface area (Å²) >= 11 is 0. The zero-order chi connectivity index (χ0) is 18.4. The molecule has 1 aliphatic heterocycles. The van der Waals surface area contributed by atoms with Crippen LogP contribution in [0.3, 0.4) is 0 Å². The van der Waals surface area contributed by atoms with Crippen LogP contribution in [-0.4, -0.2) is 38.9 Å². The predicted molar refractivity (Wildman–Crippen MR) is 109 cm³/mol. The lowest BCUT2D eigenvalue weighted by molar-refractivity contribution is 0.217. The molecule has 27 heavy (non-hydrogen) atoms. The number of sulfonamides is 1. The van der Waals surface area contributed by atoms with E-state index in [-0.39, 0.29) is 12.4 Å². The highest BCUT2D eigenvalue weighted by Gasteiger charge is 2.16. The minimum atomic E-state index is -3.18. The molecule has 1 atom stereocenters. The normalized spacial score (nSPS) is 16.3. The Morgan fingerprint density at radius 3 is 2.63 bits per heavy atom. The van der Waals surface area contributed by atoms with Crippen molar-refractivity contribution in [3.63, 3.8) is 0 Å². The number of aryl methyl sites for hydroxylation is 2. The number of hydrogen-bond acceptors (Lipinski definition) is 5. The van der Waals surface area contributed by atoms with Crippen molar-refractivity contribution in [1.29, 1.82) is 0 Å². The van der Waals surface area contributed by atoms with Gasteiger partial charge in [-0.05, 0) is 48.6 Å². The fourth-order valence-electron chi connectivity index (χ4n) is 2.77. The van der Waals surface area contributed by atoms with Gasteiger partial charge in [-0.3, -0.25) is 4.98 Å². The third-order valence-corrected chi connectivity index (χ3v) is 5.05. The quantitative estimate of drug-likeness (QED) is 0.660. The van der Waals surface area contributed by atoms with Gasteiger partial charge in [0.15, 0.2) is 0 Å². The predicted octanol–water partition coefficient (Wildman–Crippen LogP) is 2.08. The molecule has 0 aliphatic carbocycles. The summed E-state index contributed by atoms with van der Waals surface area (Å²) < 4.78 is 30.7. The molecule has 1 fully saturated rings. The van der Waals surface area contributed by atoms with Gasteiger partial charge in [-0.1, -0.05) is 24.3 Å². The van der Waals surface area contributed by atoms with Gasteiger partial charge in [0.05, 0.1) is 12.5 Å². The van der Waals surface area contributed by atoms with E-state index in [1.54, 1.807) is 6.20 Å². The van der Waals surface area contributed by atoms with Crippen LogP contribution in [0.5, 0.6) is 5.75 Å². The second-order valence-electron chi connectivity index (χ2n) is 6.69. The Labute approximate surface area is 167 Å². The van der Waals surface area contributed by atoms with Gasteiger partial charge in [-0.25, -0.2) is 13.1 Å². The first-order valence-electron chi connectivity index (χ1n) is 8.80. The van der Waals surface area contributed by atoms with Crippen LogP contribution in [-0.2, 0) is 29.4 Å². The molecule has 2 aromatic rings. The number of halogens is 1. The summed E-state index contributed by atoms with van der Waals surface area (Å²) in [7, 11) is -3.18. The standard InChI is InChI=1S/C19H25N3O3S.ClH/c1-26(23,24)22-12-16-4-2-3-15(9-16)5-6-17-10-19(13-20-11-17)25-14-18-7-8-21-18;/h2-4,9-11,13,18,21-22H,5-8,12,14H2,1H3;1H/t18-;/m0./s1. The lowest BCUT2D eigenvalue weighted by Crippen LogP contribution is -2.46. The molecular formula is C19H26ClN3O3S. The number of ether oxygens (including phenoxy) is 1. The van der Waals surface area contributed by atoms with Crippen LogP contribution in [0, 0.1) is 0 Å². The van der Waals surface area contributed by atoms with E-state index >= 15 is 0 Å². The maximum absolute atomic E-state index is 11.2. The average molecular weight is 412 g/mol. The SMILES string of the molecule is CS(=O)(=O)NCc1cccc(CCc2cncc(OC[C@@H]3CCN3)c2)c1.Cl. The minimum absolute atomic E-state index is 0. The summed E-state index contributed by atoms with van der Waals surface area (Å²) in [4.78, 5) is 4.27. The van der Waals surface area contributed by atoms with Gasteiger partial charge in [0.25, 0.3) is 0 Å². The Balaban J connectivity index is 0.00000261. The number of aromatic nitrogens is 1. The third kappa shape index (κ3) is 7.46.